The molecule has 0 bridgehead atoms. The standard InChI is InChI=1S/C22H26N4OS/c1-17(22-23-19-9-5-6-10-20(19)24-22)28-16-21(27)26-13-11-25(12-14-26)15-18-7-3-2-4-8-18/h2-10,17H,11-16H2,1H3,(H,23,24)/t17-/m1/s1. The molecule has 0 saturated carbocycles. The molecule has 1 atom stereocenters. The number of hydrogen-bond donors (Lipinski definition) is 1. The number of nitrogens with one attached hydrogen (secondary N) is 1. The first kappa shape index (κ1) is 19.0. The molecule has 6 heteroatoms. The van der Waals surface area contributed by atoms with Crippen LogP contribution >= 0.6 is 11.8 Å². The minimum atomic E-state index is 0.163. The van der Waals surface area contributed by atoms with Crippen molar-refractivity contribution in [1.82, 2.24) is 19.8 Å². The Morgan fingerprint density at radius 3 is 2.54 bits per heavy atom. The Labute approximate surface area is 170 Å². The largest absolute Gasteiger partial charge is 0.341 e. The zero-order chi connectivity index (χ0) is 19.3. The van der Waals surface area contributed by atoms with Gasteiger partial charge in [-0.1, -0.05) is 42.5 Å². The number of para-hydroxylation sites is 2. The highest BCUT2D eigenvalue weighted by atomic mass is 32.2. The Morgan fingerprint density at radius 1 is 1.07 bits per heavy atom. The number of piperazine rings is 1. The fourth-order valence-corrected chi connectivity index (χ4v) is 4.37. The summed E-state index contributed by atoms with van der Waals surface area (Å²) >= 11 is 1.65. The highest BCUT2D eigenvalue weighted by Gasteiger charge is 2.22. The van der Waals surface area contributed by atoms with Crippen molar-refractivity contribution >= 4 is 28.7 Å². The predicted molar refractivity (Wildman–Crippen MR) is 115 cm³/mol. The second-order valence-electron chi connectivity index (χ2n) is 7.23. The van der Waals surface area contributed by atoms with Gasteiger partial charge in [-0.3, -0.25) is 9.69 Å². The van der Waals surface area contributed by atoms with E-state index in [1.807, 2.05) is 35.2 Å². The molecule has 0 aliphatic carbocycles. The van der Waals surface area contributed by atoms with Gasteiger partial charge >= 0.3 is 0 Å². The first-order chi connectivity index (χ1) is 13.7. The van der Waals surface area contributed by atoms with E-state index < -0.39 is 0 Å². The Hall–Kier alpha value is -2.31. The molecule has 146 valence electrons. The number of fused-ring (bicyclic) bond motifs is 1. The van der Waals surface area contributed by atoms with E-state index in [9.17, 15) is 4.79 Å². The molecule has 1 amide bonds. The van der Waals surface area contributed by atoms with E-state index in [4.69, 9.17) is 0 Å². The van der Waals surface area contributed by atoms with Gasteiger partial charge < -0.3 is 9.88 Å². The van der Waals surface area contributed by atoms with Crippen LogP contribution < -0.4 is 0 Å². The van der Waals surface area contributed by atoms with Crippen LogP contribution in [0.15, 0.2) is 54.6 Å². The lowest BCUT2D eigenvalue weighted by Gasteiger charge is -2.34. The van der Waals surface area contributed by atoms with Gasteiger partial charge in [0.2, 0.25) is 5.91 Å². The van der Waals surface area contributed by atoms with Crippen molar-refractivity contribution in [3.8, 4) is 0 Å². The summed E-state index contributed by atoms with van der Waals surface area (Å²) in [6.07, 6.45) is 0. The van der Waals surface area contributed by atoms with Crippen molar-refractivity contribution in [1.29, 1.82) is 0 Å². The van der Waals surface area contributed by atoms with Gasteiger partial charge in [0.25, 0.3) is 0 Å². The number of carbonyl (C=O) groups excluding carboxylic acids is 1. The lowest BCUT2D eigenvalue weighted by atomic mass is 10.2. The summed E-state index contributed by atoms with van der Waals surface area (Å²) in [6.45, 7) is 6.56. The lowest BCUT2D eigenvalue weighted by Crippen LogP contribution is -2.48. The number of aromatic nitrogens is 2. The molecule has 1 aliphatic rings. The van der Waals surface area contributed by atoms with Gasteiger partial charge in [0.05, 0.1) is 22.0 Å². The molecule has 2 heterocycles. The van der Waals surface area contributed by atoms with E-state index in [-0.39, 0.29) is 11.2 Å². The van der Waals surface area contributed by atoms with Crippen LogP contribution in [-0.2, 0) is 11.3 Å². The maximum atomic E-state index is 12.6. The van der Waals surface area contributed by atoms with E-state index in [0.717, 1.165) is 49.6 Å². The molecule has 1 aromatic heterocycles. The second-order valence-corrected chi connectivity index (χ2v) is 8.56. The normalized spacial score (nSPS) is 16.4. The first-order valence-corrected chi connectivity index (χ1v) is 10.8. The Bertz CT molecular complexity index is 885. The summed E-state index contributed by atoms with van der Waals surface area (Å²) in [6, 6.07) is 18.6. The molecule has 0 unspecified atom stereocenters. The number of benzene rings is 2. The summed E-state index contributed by atoms with van der Waals surface area (Å²) < 4.78 is 0. The molecule has 4 rings (SSSR count). The molecule has 1 saturated heterocycles. The van der Waals surface area contributed by atoms with Crippen LogP contribution in [0.1, 0.15) is 23.6 Å². The van der Waals surface area contributed by atoms with E-state index in [0.29, 0.717) is 5.75 Å². The highest BCUT2D eigenvalue weighted by Crippen LogP contribution is 2.28. The minimum Gasteiger partial charge on any atom is -0.341 e. The summed E-state index contributed by atoms with van der Waals surface area (Å²) in [5.41, 5.74) is 3.36. The van der Waals surface area contributed by atoms with E-state index in [2.05, 4.69) is 46.1 Å². The fourth-order valence-electron chi connectivity index (χ4n) is 3.53. The van der Waals surface area contributed by atoms with E-state index in [1.54, 1.807) is 11.8 Å². The molecular weight excluding hydrogens is 368 g/mol. The van der Waals surface area contributed by atoms with Crippen LogP contribution in [0.25, 0.3) is 11.0 Å². The molecule has 0 radical (unpaired) electrons. The smallest absolute Gasteiger partial charge is 0.232 e. The van der Waals surface area contributed by atoms with Crippen LogP contribution in [-0.4, -0.2) is 57.6 Å². The van der Waals surface area contributed by atoms with Gasteiger partial charge in [-0.05, 0) is 24.6 Å². The summed E-state index contributed by atoms with van der Waals surface area (Å²) in [4.78, 5) is 25.1. The second kappa shape index (κ2) is 8.80. The molecular formula is C22H26N4OS. The number of rotatable bonds is 6. The number of hydrogen-bond acceptors (Lipinski definition) is 4. The van der Waals surface area contributed by atoms with Gasteiger partial charge in [-0.15, -0.1) is 11.8 Å². The molecule has 2 aromatic carbocycles. The quantitative estimate of drug-likeness (QED) is 0.693. The minimum absolute atomic E-state index is 0.163. The SMILES string of the molecule is C[C@@H](SCC(=O)N1CCN(Cc2ccccc2)CC1)c1nc2ccccc2[nH]1. The van der Waals surface area contributed by atoms with E-state index in [1.165, 1.54) is 5.56 Å². The molecule has 5 nitrogen and oxygen atoms in total. The number of carbonyl (C=O) groups is 1. The van der Waals surface area contributed by atoms with Crippen molar-refractivity contribution in [2.24, 2.45) is 0 Å². The summed E-state index contributed by atoms with van der Waals surface area (Å²) in [7, 11) is 0. The zero-order valence-corrected chi connectivity index (χ0v) is 17.0. The average Bonchev–Trinajstić information content (AvgIpc) is 3.17. The number of H-pyrrole nitrogens is 1. The topological polar surface area (TPSA) is 52.2 Å². The third-order valence-electron chi connectivity index (χ3n) is 5.22. The van der Waals surface area contributed by atoms with Crippen molar-refractivity contribution in [2.75, 3.05) is 31.9 Å². The van der Waals surface area contributed by atoms with Gasteiger partial charge in [-0.25, -0.2) is 4.98 Å². The fraction of sp³-hybridized carbons (Fsp3) is 0.364. The Morgan fingerprint density at radius 2 is 1.79 bits per heavy atom. The maximum absolute atomic E-state index is 12.6. The molecule has 1 fully saturated rings. The molecule has 0 spiro atoms. The number of aromatic amines is 1. The summed E-state index contributed by atoms with van der Waals surface area (Å²) in [5, 5.41) is 0.163. The van der Waals surface area contributed by atoms with E-state index >= 15 is 0 Å². The first-order valence-electron chi connectivity index (χ1n) is 9.79. The van der Waals surface area contributed by atoms with Crippen LogP contribution in [0.3, 0.4) is 0 Å². The third kappa shape index (κ3) is 4.56. The Kier molecular flexibility index (Phi) is 5.98. The molecule has 28 heavy (non-hydrogen) atoms. The third-order valence-corrected chi connectivity index (χ3v) is 6.36. The van der Waals surface area contributed by atoms with Gasteiger partial charge in [0, 0.05) is 32.7 Å². The summed E-state index contributed by atoms with van der Waals surface area (Å²) in [5.74, 6) is 1.66. The average molecular weight is 395 g/mol. The monoisotopic (exact) mass is 394 g/mol. The number of amides is 1. The van der Waals surface area contributed by atoms with Crippen LogP contribution in [0.2, 0.25) is 0 Å². The van der Waals surface area contributed by atoms with Gasteiger partial charge in [-0.2, -0.15) is 0 Å². The van der Waals surface area contributed by atoms with Crippen molar-refractivity contribution in [2.45, 2.75) is 18.7 Å². The van der Waals surface area contributed by atoms with Crippen LogP contribution in [0.4, 0.5) is 0 Å². The maximum Gasteiger partial charge on any atom is 0.232 e. The zero-order valence-electron chi connectivity index (χ0n) is 16.2. The lowest BCUT2D eigenvalue weighted by molar-refractivity contribution is -0.130. The Balaban J connectivity index is 1.24. The number of imidazole rings is 1. The van der Waals surface area contributed by atoms with Gasteiger partial charge in [0.1, 0.15) is 5.82 Å². The highest BCUT2D eigenvalue weighted by molar-refractivity contribution is 8.00. The van der Waals surface area contributed by atoms with Crippen LogP contribution in [0.5, 0.6) is 0 Å². The predicted octanol–water partition coefficient (Wildman–Crippen LogP) is 3.70. The van der Waals surface area contributed by atoms with Crippen molar-refractivity contribution in [3.05, 3.63) is 66.0 Å². The van der Waals surface area contributed by atoms with Gasteiger partial charge in [0.15, 0.2) is 0 Å². The molecule has 3 aromatic rings. The molecule has 1 N–H and O–H groups in total. The van der Waals surface area contributed by atoms with Crippen molar-refractivity contribution in [3.63, 3.8) is 0 Å². The number of thioether (sulfide) groups is 1. The van der Waals surface area contributed by atoms with Crippen LogP contribution in [0, 0.1) is 0 Å². The van der Waals surface area contributed by atoms with Crippen molar-refractivity contribution < 1.29 is 4.79 Å². The number of nitrogens with zero attached hydrogens (tertiary/aromatic N) is 3. The molecule has 1 aliphatic heterocycles.